The Morgan fingerprint density at radius 1 is 1.16 bits per heavy atom. The van der Waals surface area contributed by atoms with E-state index in [1.807, 2.05) is 13.8 Å². The molecule has 2 heterocycles. The summed E-state index contributed by atoms with van der Waals surface area (Å²) in [6, 6.07) is 4.59. The molecule has 2 aliphatic rings. The van der Waals surface area contributed by atoms with Crippen LogP contribution in [0.3, 0.4) is 0 Å². The standard InChI is InChI=1S/C22H32F3N3O3S/c1-15(2)12-19-20(29)28(14-17-6-5-7-18(13-17)22(23,24)25)21(26-19)8-10-27(11-9-21)32(30,31)16(3)4/h5-7,13,15-16,19,26H,8-12,14H2,1-4H3/t19-/m1/s1. The molecule has 0 unspecified atom stereocenters. The minimum atomic E-state index is -4.46. The zero-order valence-corrected chi connectivity index (χ0v) is 19.8. The van der Waals surface area contributed by atoms with Crippen LogP contribution < -0.4 is 5.32 Å². The van der Waals surface area contributed by atoms with Crippen LogP contribution in [0.1, 0.15) is 58.1 Å². The highest BCUT2D eigenvalue weighted by atomic mass is 32.2. The third-order valence-electron chi connectivity index (χ3n) is 6.33. The van der Waals surface area contributed by atoms with E-state index in [1.165, 1.54) is 10.4 Å². The molecule has 1 amide bonds. The average Bonchev–Trinajstić information content (AvgIpc) is 2.92. The predicted octanol–water partition coefficient (Wildman–Crippen LogP) is 3.58. The Labute approximate surface area is 188 Å². The molecule has 1 aromatic rings. The lowest BCUT2D eigenvalue weighted by Crippen LogP contribution is -2.59. The van der Waals surface area contributed by atoms with Gasteiger partial charge in [0.25, 0.3) is 0 Å². The van der Waals surface area contributed by atoms with E-state index >= 15 is 0 Å². The van der Waals surface area contributed by atoms with Crippen LogP contribution in [0.2, 0.25) is 0 Å². The van der Waals surface area contributed by atoms with Crippen molar-refractivity contribution in [1.82, 2.24) is 14.5 Å². The fourth-order valence-corrected chi connectivity index (χ4v) is 5.86. The number of hydrogen-bond acceptors (Lipinski definition) is 4. The van der Waals surface area contributed by atoms with E-state index in [0.29, 0.717) is 24.8 Å². The first kappa shape index (κ1) is 25.0. The van der Waals surface area contributed by atoms with Gasteiger partial charge >= 0.3 is 6.18 Å². The van der Waals surface area contributed by atoms with Crippen molar-refractivity contribution in [2.45, 2.75) is 76.6 Å². The number of carbonyl (C=O) groups is 1. The van der Waals surface area contributed by atoms with Crippen molar-refractivity contribution in [3.63, 3.8) is 0 Å². The highest BCUT2D eigenvalue weighted by Gasteiger charge is 2.52. The molecule has 0 bridgehead atoms. The number of carbonyl (C=O) groups excluding carboxylic acids is 1. The van der Waals surface area contributed by atoms with Crippen LogP contribution in [0.25, 0.3) is 0 Å². The molecule has 1 aromatic carbocycles. The van der Waals surface area contributed by atoms with Gasteiger partial charge in [-0.2, -0.15) is 13.2 Å². The van der Waals surface area contributed by atoms with Gasteiger partial charge in [-0.1, -0.05) is 26.0 Å². The Morgan fingerprint density at radius 2 is 1.78 bits per heavy atom. The lowest BCUT2D eigenvalue weighted by molar-refractivity contribution is -0.137. The lowest BCUT2D eigenvalue weighted by atomic mass is 9.96. The van der Waals surface area contributed by atoms with E-state index in [0.717, 1.165) is 12.1 Å². The highest BCUT2D eigenvalue weighted by molar-refractivity contribution is 7.89. The first-order chi connectivity index (χ1) is 14.8. The van der Waals surface area contributed by atoms with Gasteiger partial charge in [0.2, 0.25) is 15.9 Å². The molecule has 32 heavy (non-hydrogen) atoms. The number of rotatable bonds is 6. The number of amides is 1. The van der Waals surface area contributed by atoms with Crippen molar-refractivity contribution in [2.24, 2.45) is 5.92 Å². The van der Waals surface area contributed by atoms with Crippen LogP contribution in [0.15, 0.2) is 24.3 Å². The van der Waals surface area contributed by atoms with Crippen LogP contribution in [0.5, 0.6) is 0 Å². The Bertz CT molecular complexity index is 939. The average molecular weight is 476 g/mol. The first-order valence-electron chi connectivity index (χ1n) is 11.0. The van der Waals surface area contributed by atoms with Crippen LogP contribution in [-0.2, 0) is 27.5 Å². The second-order valence-electron chi connectivity index (χ2n) is 9.47. The number of alkyl halides is 3. The highest BCUT2D eigenvalue weighted by Crippen LogP contribution is 2.37. The predicted molar refractivity (Wildman–Crippen MR) is 116 cm³/mol. The summed E-state index contributed by atoms with van der Waals surface area (Å²) in [5, 5.41) is 2.90. The van der Waals surface area contributed by atoms with Crippen molar-refractivity contribution in [3.8, 4) is 0 Å². The second-order valence-corrected chi connectivity index (χ2v) is 12.0. The van der Waals surface area contributed by atoms with E-state index in [-0.39, 0.29) is 31.5 Å². The van der Waals surface area contributed by atoms with Crippen molar-refractivity contribution in [1.29, 1.82) is 0 Å². The van der Waals surface area contributed by atoms with E-state index in [4.69, 9.17) is 0 Å². The van der Waals surface area contributed by atoms with Crippen molar-refractivity contribution < 1.29 is 26.4 Å². The van der Waals surface area contributed by atoms with Crippen LogP contribution >= 0.6 is 0 Å². The van der Waals surface area contributed by atoms with Gasteiger partial charge in [-0.3, -0.25) is 10.1 Å². The topological polar surface area (TPSA) is 69.7 Å². The van der Waals surface area contributed by atoms with E-state index in [9.17, 15) is 26.4 Å². The molecule has 1 atom stereocenters. The third-order valence-corrected chi connectivity index (χ3v) is 8.61. The number of nitrogens with one attached hydrogen (secondary N) is 1. The molecule has 2 aliphatic heterocycles. The monoisotopic (exact) mass is 475 g/mol. The number of nitrogens with zero attached hydrogens (tertiary/aromatic N) is 2. The summed E-state index contributed by atoms with van der Waals surface area (Å²) >= 11 is 0. The molecule has 180 valence electrons. The summed E-state index contributed by atoms with van der Waals surface area (Å²) in [6.07, 6.45) is -3.08. The number of benzene rings is 1. The van der Waals surface area contributed by atoms with Crippen molar-refractivity contribution in [2.75, 3.05) is 13.1 Å². The first-order valence-corrected chi connectivity index (χ1v) is 12.5. The number of hydrogen-bond donors (Lipinski definition) is 1. The van der Waals surface area contributed by atoms with Crippen LogP contribution in [0.4, 0.5) is 13.2 Å². The molecule has 1 N–H and O–H groups in total. The largest absolute Gasteiger partial charge is 0.416 e. The number of halogens is 3. The second kappa shape index (κ2) is 8.95. The smallest absolute Gasteiger partial charge is 0.319 e. The van der Waals surface area contributed by atoms with Crippen molar-refractivity contribution in [3.05, 3.63) is 35.4 Å². The lowest BCUT2D eigenvalue weighted by Gasteiger charge is -2.44. The molecule has 3 rings (SSSR count). The summed E-state index contributed by atoms with van der Waals surface area (Å²) < 4.78 is 66.2. The van der Waals surface area contributed by atoms with Gasteiger partial charge in [0.15, 0.2) is 0 Å². The molecule has 0 saturated carbocycles. The van der Waals surface area contributed by atoms with E-state index in [1.54, 1.807) is 24.8 Å². The molecule has 1 spiro atoms. The molecular formula is C22H32F3N3O3S. The zero-order valence-electron chi connectivity index (χ0n) is 18.9. The zero-order chi connectivity index (χ0) is 23.9. The normalized spacial score (nSPS) is 22.5. The molecule has 0 aromatic heterocycles. The van der Waals surface area contributed by atoms with Gasteiger partial charge in [-0.15, -0.1) is 0 Å². The SMILES string of the molecule is CC(C)C[C@H]1NC2(CCN(S(=O)(=O)C(C)C)CC2)N(Cc2cccc(C(F)(F)F)c2)C1=O. The Kier molecular flexibility index (Phi) is 6.98. The van der Waals surface area contributed by atoms with E-state index < -0.39 is 38.7 Å². The Hall–Kier alpha value is -1.65. The molecule has 0 aliphatic carbocycles. The van der Waals surface area contributed by atoms with Crippen molar-refractivity contribution >= 4 is 15.9 Å². The van der Waals surface area contributed by atoms with Gasteiger partial charge in [0.05, 0.1) is 22.5 Å². The summed E-state index contributed by atoms with van der Waals surface area (Å²) in [6.45, 7) is 7.85. The Morgan fingerprint density at radius 3 is 2.31 bits per heavy atom. The molecule has 6 nitrogen and oxygen atoms in total. The van der Waals surface area contributed by atoms with Gasteiger partial charge in [-0.05, 0) is 56.7 Å². The maximum Gasteiger partial charge on any atom is 0.416 e. The number of sulfonamides is 1. The number of piperidine rings is 1. The fraction of sp³-hybridized carbons (Fsp3) is 0.682. The maximum atomic E-state index is 13.3. The van der Waals surface area contributed by atoms with Gasteiger partial charge < -0.3 is 4.90 Å². The summed E-state index contributed by atoms with van der Waals surface area (Å²) in [4.78, 5) is 14.9. The fourth-order valence-electron chi connectivity index (χ4n) is 4.57. The molecule has 10 heteroatoms. The summed E-state index contributed by atoms with van der Waals surface area (Å²) in [7, 11) is -3.41. The van der Waals surface area contributed by atoms with E-state index in [2.05, 4.69) is 5.32 Å². The maximum absolute atomic E-state index is 13.3. The molecular weight excluding hydrogens is 443 g/mol. The molecule has 2 fully saturated rings. The molecule has 0 radical (unpaired) electrons. The summed E-state index contributed by atoms with van der Waals surface area (Å²) in [5.74, 6) is 0.111. The quantitative estimate of drug-likeness (QED) is 0.683. The minimum Gasteiger partial charge on any atom is -0.319 e. The van der Waals surface area contributed by atoms with Crippen LogP contribution in [0, 0.1) is 5.92 Å². The van der Waals surface area contributed by atoms with Gasteiger partial charge in [-0.25, -0.2) is 12.7 Å². The van der Waals surface area contributed by atoms with Gasteiger partial charge in [0, 0.05) is 19.6 Å². The molecule has 2 saturated heterocycles. The third kappa shape index (κ3) is 4.97. The van der Waals surface area contributed by atoms with Gasteiger partial charge in [0.1, 0.15) is 0 Å². The minimum absolute atomic E-state index is 0.0429. The summed E-state index contributed by atoms with van der Waals surface area (Å²) in [5.41, 5.74) is -1.12. The van der Waals surface area contributed by atoms with Crippen LogP contribution in [-0.4, -0.2) is 53.6 Å². The Balaban J connectivity index is 1.88.